The van der Waals surface area contributed by atoms with Gasteiger partial charge in [-0.25, -0.2) is 4.98 Å². The lowest BCUT2D eigenvalue weighted by Gasteiger charge is -2.26. The maximum atomic E-state index is 6.20. The lowest BCUT2D eigenvalue weighted by Crippen LogP contribution is -2.09. The van der Waals surface area contributed by atoms with Gasteiger partial charge < -0.3 is 14.2 Å². The third-order valence-corrected chi connectivity index (χ3v) is 11.8. The summed E-state index contributed by atoms with van der Waals surface area (Å²) >= 11 is 1.76. The van der Waals surface area contributed by atoms with Crippen LogP contribution in [0.2, 0.25) is 0 Å². The molecular formula is C51H33N3OS. The Labute approximate surface area is 327 Å². The summed E-state index contributed by atoms with van der Waals surface area (Å²) in [6.45, 7) is 0. The number of benzene rings is 9. The lowest BCUT2D eigenvalue weighted by molar-refractivity contribution is 0.669. The quantitative estimate of drug-likeness (QED) is 0.153. The SMILES string of the molecule is c1ccc(N(c2cccc(-c3nc4c5ccc(N(c6ccccc6)c6ccccc6)cc5c5ccccc5c4s3)c2)c2ccc3oc4ccccc4c3c2)cc1. The minimum absolute atomic E-state index is 0.880. The van der Waals surface area contributed by atoms with Crippen molar-refractivity contribution < 1.29 is 4.42 Å². The van der Waals surface area contributed by atoms with E-state index in [0.717, 1.165) is 77.5 Å². The van der Waals surface area contributed by atoms with Crippen LogP contribution in [-0.4, -0.2) is 4.98 Å². The molecule has 0 radical (unpaired) electrons. The molecule has 264 valence electrons. The predicted molar refractivity (Wildman–Crippen MR) is 237 cm³/mol. The van der Waals surface area contributed by atoms with E-state index in [9.17, 15) is 0 Å². The van der Waals surface area contributed by atoms with Gasteiger partial charge in [-0.05, 0) is 95.7 Å². The first-order valence-corrected chi connectivity index (χ1v) is 19.6. The highest BCUT2D eigenvalue weighted by Crippen LogP contribution is 2.45. The van der Waals surface area contributed by atoms with Crippen LogP contribution in [0.15, 0.2) is 205 Å². The van der Waals surface area contributed by atoms with Gasteiger partial charge in [0.2, 0.25) is 0 Å². The van der Waals surface area contributed by atoms with Gasteiger partial charge in [0.05, 0.1) is 10.2 Å². The van der Waals surface area contributed by atoms with Crippen LogP contribution in [0, 0.1) is 0 Å². The zero-order valence-corrected chi connectivity index (χ0v) is 31.0. The zero-order chi connectivity index (χ0) is 37.0. The second-order valence-corrected chi connectivity index (χ2v) is 15.0. The molecule has 0 saturated carbocycles. The molecule has 56 heavy (non-hydrogen) atoms. The molecule has 2 heterocycles. The summed E-state index contributed by atoms with van der Waals surface area (Å²) in [5, 5.41) is 7.96. The van der Waals surface area contributed by atoms with Gasteiger partial charge in [0.15, 0.2) is 0 Å². The van der Waals surface area contributed by atoms with Crippen LogP contribution < -0.4 is 9.80 Å². The van der Waals surface area contributed by atoms with Crippen molar-refractivity contribution in [3.63, 3.8) is 0 Å². The molecule has 11 aromatic rings. The topological polar surface area (TPSA) is 32.5 Å². The van der Waals surface area contributed by atoms with Gasteiger partial charge in [0.1, 0.15) is 16.2 Å². The fourth-order valence-electron chi connectivity index (χ4n) is 8.08. The predicted octanol–water partition coefficient (Wildman–Crippen LogP) is 15.1. The second kappa shape index (κ2) is 13.3. The highest BCUT2D eigenvalue weighted by atomic mass is 32.1. The van der Waals surface area contributed by atoms with E-state index in [1.807, 2.05) is 12.1 Å². The van der Waals surface area contributed by atoms with Crippen molar-refractivity contribution in [3.8, 4) is 10.6 Å². The number of hydrogen-bond donors (Lipinski definition) is 0. The van der Waals surface area contributed by atoms with E-state index in [-0.39, 0.29) is 0 Å². The number of hydrogen-bond acceptors (Lipinski definition) is 5. The normalized spacial score (nSPS) is 11.6. The molecular weight excluding hydrogens is 703 g/mol. The summed E-state index contributed by atoms with van der Waals surface area (Å²) in [4.78, 5) is 10.1. The van der Waals surface area contributed by atoms with Gasteiger partial charge in [-0.3, -0.25) is 0 Å². The number of furan rings is 1. The summed E-state index contributed by atoms with van der Waals surface area (Å²) in [6, 6.07) is 70.7. The summed E-state index contributed by atoms with van der Waals surface area (Å²) in [7, 11) is 0. The summed E-state index contributed by atoms with van der Waals surface area (Å²) in [5.41, 5.74) is 10.4. The molecule has 0 unspecified atom stereocenters. The third kappa shape index (κ3) is 5.40. The minimum Gasteiger partial charge on any atom is -0.456 e. The van der Waals surface area contributed by atoms with Crippen molar-refractivity contribution in [3.05, 3.63) is 200 Å². The summed E-state index contributed by atoms with van der Waals surface area (Å²) in [5.74, 6) is 0. The molecule has 0 amide bonds. The fourth-order valence-corrected chi connectivity index (χ4v) is 9.20. The van der Waals surface area contributed by atoms with E-state index in [0.29, 0.717) is 0 Å². The number of para-hydroxylation sites is 4. The van der Waals surface area contributed by atoms with Crippen molar-refractivity contribution in [2.75, 3.05) is 9.80 Å². The number of nitrogens with zero attached hydrogens (tertiary/aromatic N) is 3. The Morgan fingerprint density at radius 1 is 0.357 bits per heavy atom. The van der Waals surface area contributed by atoms with E-state index in [1.54, 1.807) is 11.3 Å². The molecule has 2 aromatic heterocycles. The van der Waals surface area contributed by atoms with E-state index < -0.39 is 0 Å². The fraction of sp³-hybridized carbons (Fsp3) is 0. The van der Waals surface area contributed by atoms with Gasteiger partial charge in [-0.15, -0.1) is 11.3 Å². The smallest absolute Gasteiger partial charge is 0.135 e. The van der Waals surface area contributed by atoms with Gasteiger partial charge in [-0.1, -0.05) is 115 Å². The molecule has 0 saturated heterocycles. The first kappa shape index (κ1) is 32.2. The van der Waals surface area contributed by atoms with Crippen molar-refractivity contribution in [1.82, 2.24) is 4.98 Å². The zero-order valence-electron chi connectivity index (χ0n) is 30.2. The van der Waals surface area contributed by atoms with Crippen molar-refractivity contribution in [2.45, 2.75) is 0 Å². The molecule has 11 rings (SSSR count). The molecule has 0 atom stereocenters. The molecule has 4 nitrogen and oxygen atoms in total. The highest BCUT2D eigenvalue weighted by Gasteiger charge is 2.20. The minimum atomic E-state index is 0.880. The number of rotatable bonds is 7. The molecule has 0 aliphatic rings. The number of aromatic nitrogens is 1. The lowest BCUT2D eigenvalue weighted by atomic mass is 9.99. The molecule has 0 bridgehead atoms. The Morgan fingerprint density at radius 3 is 1.57 bits per heavy atom. The Morgan fingerprint density at radius 2 is 0.875 bits per heavy atom. The van der Waals surface area contributed by atoms with Crippen molar-refractivity contribution >= 4 is 99.2 Å². The van der Waals surface area contributed by atoms with Gasteiger partial charge in [0, 0.05) is 61.2 Å². The van der Waals surface area contributed by atoms with Crippen LogP contribution in [-0.2, 0) is 0 Å². The van der Waals surface area contributed by atoms with Crippen molar-refractivity contribution in [2.24, 2.45) is 0 Å². The van der Waals surface area contributed by atoms with Crippen LogP contribution in [0.25, 0.3) is 64.3 Å². The second-order valence-electron chi connectivity index (χ2n) is 14.0. The monoisotopic (exact) mass is 735 g/mol. The van der Waals surface area contributed by atoms with Gasteiger partial charge in [-0.2, -0.15) is 0 Å². The van der Waals surface area contributed by atoms with Crippen LogP contribution in [0.3, 0.4) is 0 Å². The standard InChI is InChI=1S/C51H33N3OS/c1-4-16-35(17-5-1)53(36-18-6-2-7-19-36)39-27-29-43-45(32-39)41-23-10-11-25-44(41)50-49(43)52-51(56-50)34-15-14-22-38(31-34)54(37-20-8-3-9-21-37)40-28-30-48-46(33-40)42-24-12-13-26-47(42)55-48/h1-33H. The average molecular weight is 736 g/mol. The van der Waals surface area contributed by atoms with Gasteiger partial charge >= 0.3 is 0 Å². The molecule has 0 aliphatic carbocycles. The summed E-state index contributed by atoms with van der Waals surface area (Å²) in [6.07, 6.45) is 0. The average Bonchev–Trinajstić information content (AvgIpc) is 3.88. The van der Waals surface area contributed by atoms with E-state index in [2.05, 4.69) is 198 Å². The Balaban J connectivity index is 1.06. The maximum Gasteiger partial charge on any atom is 0.135 e. The van der Waals surface area contributed by atoms with E-state index in [4.69, 9.17) is 9.40 Å². The molecule has 0 spiro atoms. The number of anilines is 6. The van der Waals surface area contributed by atoms with E-state index in [1.165, 1.54) is 20.9 Å². The van der Waals surface area contributed by atoms with Crippen LogP contribution in [0.5, 0.6) is 0 Å². The highest BCUT2D eigenvalue weighted by molar-refractivity contribution is 7.22. The summed E-state index contributed by atoms with van der Waals surface area (Å²) < 4.78 is 7.39. The van der Waals surface area contributed by atoms with Crippen LogP contribution >= 0.6 is 11.3 Å². The first-order chi connectivity index (χ1) is 27.8. The Kier molecular flexibility index (Phi) is 7.64. The van der Waals surface area contributed by atoms with Crippen LogP contribution in [0.1, 0.15) is 0 Å². The van der Waals surface area contributed by atoms with Crippen LogP contribution in [0.4, 0.5) is 34.1 Å². The van der Waals surface area contributed by atoms with Crippen molar-refractivity contribution in [1.29, 1.82) is 0 Å². The third-order valence-electron chi connectivity index (χ3n) is 10.6. The van der Waals surface area contributed by atoms with Gasteiger partial charge in [0.25, 0.3) is 0 Å². The number of fused-ring (bicyclic) bond motifs is 9. The molecule has 9 aromatic carbocycles. The van der Waals surface area contributed by atoms with E-state index >= 15 is 0 Å². The largest absolute Gasteiger partial charge is 0.456 e. The maximum absolute atomic E-state index is 6.20. The number of thiazole rings is 1. The Hall–Kier alpha value is -7.21. The Bertz CT molecular complexity index is 3170. The molecule has 0 aliphatic heterocycles. The first-order valence-electron chi connectivity index (χ1n) is 18.8. The molecule has 0 fully saturated rings. The molecule has 0 N–H and O–H groups in total. The molecule has 5 heteroatoms.